The zero-order chi connectivity index (χ0) is 15.3. The Kier molecular flexibility index (Phi) is 5.43. The molecule has 1 atom stereocenters. The number of aliphatic hydroxyl groups excluding tert-OH is 1. The molecule has 2 aromatic carbocycles. The molecule has 0 spiro atoms. The molecule has 0 amide bonds. The fraction of sp³-hybridized carbons (Fsp3) is 0.200. The third-order valence-corrected chi connectivity index (χ3v) is 4.17. The molecule has 21 heavy (non-hydrogen) atoms. The summed E-state index contributed by atoms with van der Waals surface area (Å²) in [4.78, 5) is 0. The number of benzene rings is 2. The first-order valence-electron chi connectivity index (χ1n) is 6.35. The van der Waals surface area contributed by atoms with E-state index in [4.69, 9.17) is 25.8 Å². The van der Waals surface area contributed by atoms with Crippen LogP contribution in [0.5, 0.6) is 5.75 Å². The van der Waals surface area contributed by atoms with Gasteiger partial charge in [-0.05, 0) is 23.3 Å². The summed E-state index contributed by atoms with van der Waals surface area (Å²) in [5.74, 6) is 0.271. The monoisotopic (exact) mass is 326 g/mol. The molecular weight excluding hydrogens is 311 g/mol. The molecular formula is C15H16ClO4P. The minimum absolute atomic E-state index is 0.117. The molecule has 0 fully saturated rings. The molecule has 0 aliphatic heterocycles. The molecule has 1 unspecified atom stereocenters. The summed E-state index contributed by atoms with van der Waals surface area (Å²) < 4.78 is 23.0. The van der Waals surface area contributed by atoms with E-state index >= 15 is 0 Å². The SMILES string of the molecule is CP(=O)(OCc1ccccc1)Oc1ccc(CO)cc1Cl. The minimum Gasteiger partial charge on any atom is -0.423 e. The molecule has 0 saturated heterocycles. The Bertz CT molecular complexity index is 645. The van der Waals surface area contributed by atoms with Gasteiger partial charge in [-0.15, -0.1) is 0 Å². The lowest BCUT2D eigenvalue weighted by molar-refractivity contribution is 0.260. The van der Waals surface area contributed by atoms with Gasteiger partial charge in [0.2, 0.25) is 0 Å². The molecule has 0 heterocycles. The molecule has 0 radical (unpaired) electrons. The highest BCUT2D eigenvalue weighted by Gasteiger charge is 2.20. The molecule has 112 valence electrons. The Labute approximate surface area is 128 Å². The lowest BCUT2D eigenvalue weighted by atomic mass is 10.2. The smallest absolute Gasteiger partial charge is 0.376 e. The van der Waals surface area contributed by atoms with Crippen LogP contribution in [0.25, 0.3) is 0 Å². The molecule has 0 aliphatic carbocycles. The highest BCUT2D eigenvalue weighted by molar-refractivity contribution is 7.53. The number of hydrogen-bond donors (Lipinski definition) is 1. The third kappa shape index (κ3) is 4.87. The maximum atomic E-state index is 12.3. The van der Waals surface area contributed by atoms with Crippen LogP contribution in [-0.2, 0) is 22.3 Å². The second-order valence-electron chi connectivity index (χ2n) is 4.54. The summed E-state index contributed by atoms with van der Waals surface area (Å²) in [5.41, 5.74) is 1.56. The van der Waals surface area contributed by atoms with Gasteiger partial charge in [0.1, 0.15) is 5.75 Å². The van der Waals surface area contributed by atoms with Crippen LogP contribution in [0.3, 0.4) is 0 Å². The fourth-order valence-corrected chi connectivity index (χ4v) is 2.94. The van der Waals surface area contributed by atoms with Crippen molar-refractivity contribution in [2.24, 2.45) is 0 Å². The average molecular weight is 327 g/mol. The van der Waals surface area contributed by atoms with Crippen LogP contribution >= 0.6 is 19.2 Å². The van der Waals surface area contributed by atoms with Gasteiger partial charge in [0.05, 0.1) is 18.2 Å². The molecule has 1 N–H and O–H groups in total. The molecule has 2 aromatic rings. The molecule has 0 bridgehead atoms. The van der Waals surface area contributed by atoms with Gasteiger partial charge in [0.15, 0.2) is 0 Å². The standard InChI is InChI=1S/C15H16ClO4P/c1-21(18,19-11-12-5-3-2-4-6-12)20-15-8-7-13(10-17)9-14(15)16/h2-9,17H,10-11H2,1H3. The van der Waals surface area contributed by atoms with Crippen molar-refractivity contribution in [1.82, 2.24) is 0 Å². The first-order chi connectivity index (χ1) is 10.00. The first-order valence-corrected chi connectivity index (χ1v) is 8.72. The van der Waals surface area contributed by atoms with Crippen molar-refractivity contribution in [3.63, 3.8) is 0 Å². The van der Waals surface area contributed by atoms with Gasteiger partial charge in [-0.3, -0.25) is 4.52 Å². The van der Waals surface area contributed by atoms with Gasteiger partial charge < -0.3 is 9.63 Å². The van der Waals surface area contributed by atoms with E-state index < -0.39 is 7.60 Å². The van der Waals surface area contributed by atoms with Crippen LogP contribution in [-0.4, -0.2) is 11.8 Å². The number of halogens is 1. The third-order valence-electron chi connectivity index (χ3n) is 2.75. The lowest BCUT2D eigenvalue weighted by Gasteiger charge is -2.16. The fourth-order valence-electron chi connectivity index (χ4n) is 1.69. The van der Waals surface area contributed by atoms with Crippen molar-refractivity contribution < 1.29 is 18.7 Å². The van der Waals surface area contributed by atoms with Crippen LogP contribution in [0.1, 0.15) is 11.1 Å². The van der Waals surface area contributed by atoms with E-state index in [-0.39, 0.29) is 24.0 Å². The van der Waals surface area contributed by atoms with Crippen molar-refractivity contribution in [3.8, 4) is 5.75 Å². The molecule has 6 heteroatoms. The van der Waals surface area contributed by atoms with E-state index in [9.17, 15) is 4.57 Å². The summed E-state index contributed by atoms with van der Waals surface area (Å²) in [6.07, 6.45) is 0. The van der Waals surface area contributed by atoms with Gasteiger partial charge in [0.25, 0.3) is 0 Å². The topological polar surface area (TPSA) is 55.8 Å². The van der Waals surface area contributed by atoms with E-state index in [1.54, 1.807) is 18.2 Å². The molecule has 4 nitrogen and oxygen atoms in total. The Morgan fingerprint density at radius 1 is 1.14 bits per heavy atom. The summed E-state index contributed by atoms with van der Waals surface area (Å²) in [6, 6.07) is 14.2. The Hall–Kier alpha value is -1.32. The maximum absolute atomic E-state index is 12.3. The van der Waals surface area contributed by atoms with E-state index in [2.05, 4.69) is 0 Å². The van der Waals surface area contributed by atoms with E-state index in [1.165, 1.54) is 6.66 Å². The van der Waals surface area contributed by atoms with Gasteiger partial charge in [-0.2, -0.15) is 0 Å². The van der Waals surface area contributed by atoms with Crippen LogP contribution in [0.2, 0.25) is 5.02 Å². The highest BCUT2D eigenvalue weighted by Crippen LogP contribution is 2.47. The first kappa shape index (κ1) is 16.1. The van der Waals surface area contributed by atoms with Gasteiger partial charge in [0, 0.05) is 6.66 Å². The van der Waals surface area contributed by atoms with Gasteiger partial charge in [-0.1, -0.05) is 48.0 Å². The minimum atomic E-state index is -3.28. The predicted molar refractivity (Wildman–Crippen MR) is 82.8 cm³/mol. The normalized spacial score (nSPS) is 13.7. The second kappa shape index (κ2) is 7.10. The van der Waals surface area contributed by atoms with Crippen molar-refractivity contribution in [3.05, 3.63) is 64.7 Å². The zero-order valence-electron chi connectivity index (χ0n) is 11.5. The molecule has 2 rings (SSSR count). The molecule has 0 saturated carbocycles. The van der Waals surface area contributed by atoms with Crippen LogP contribution < -0.4 is 4.52 Å². The average Bonchev–Trinajstić information content (AvgIpc) is 2.48. The quantitative estimate of drug-likeness (QED) is 0.806. The van der Waals surface area contributed by atoms with Crippen molar-refractivity contribution in [1.29, 1.82) is 0 Å². The number of hydrogen-bond acceptors (Lipinski definition) is 4. The Balaban J connectivity index is 2.02. The van der Waals surface area contributed by atoms with Crippen molar-refractivity contribution in [2.75, 3.05) is 6.66 Å². The van der Waals surface area contributed by atoms with Crippen molar-refractivity contribution >= 4 is 19.2 Å². The number of rotatable bonds is 6. The zero-order valence-corrected chi connectivity index (χ0v) is 13.2. The predicted octanol–water partition coefficient (Wildman–Crippen LogP) is 4.25. The van der Waals surface area contributed by atoms with Crippen LogP contribution in [0, 0.1) is 0 Å². The van der Waals surface area contributed by atoms with E-state index in [1.807, 2.05) is 30.3 Å². The van der Waals surface area contributed by atoms with E-state index in [0.29, 0.717) is 5.56 Å². The Morgan fingerprint density at radius 2 is 1.86 bits per heavy atom. The van der Waals surface area contributed by atoms with Gasteiger partial charge >= 0.3 is 7.60 Å². The number of aliphatic hydroxyl groups is 1. The largest absolute Gasteiger partial charge is 0.423 e. The Morgan fingerprint density at radius 3 is 2.48 bits per heavy atom. The highest BCUT2D eigenvalue weighted by atomic mass is 35.5. The second-order valence-corrected chi connectivity index (χ2v) is 6.94. The lowest BCUT2D eigenvalue weighted by Crippen LogP contribution is -1.98. The summed E-state index contributed by atoms with van der Waals surface area (Å²) in [7, 11) is -3.28. The van der Waals surface area contributed by atoms with Crippen molar-refractivity contribution in [2.45, 2.75) is 13.2 Å². The van der Waals surface area contributed by atoms with Crippen LogP contribution in [0.4, 0.5) is 0 Å². The summed E-state index contributed by atoms with van der Waals surface area (Å²) in [6.45, 7) is 1.47. The molecule has 0 aromatic heterocycles. The summed E-state index contributed by atoms with van der Waals surface area (Å²) >= 11 is 6.02. The van der Waals surface area contributed by atoms with Crippen LogP contribution in [0.15, 0.2) is 48.5 Å². The van der Waals surface area contributed by atoms with E-state index in [0.717, 1.165) is 5.56 Å². The maximum Gasteiger partial charge on any atom is 0.376 e. The molecule has 0 aliphatic rings. The van der Waals surface area contributed by atoms with Gasteiger partial charge in [-0.25, -0.2) is 4.57 Å². The summed E-state index contributed by atoms with van der Waals surface area (Å²) in [5, 5.41) is 9.30.